The van der Waals surface area contributed by atoms with Crippen molar-refractivity contribution in [2.45, 2.75) is 12.6 Å². The third kappa shape index (κ3) is 5.04. The van der Waals surface area contributed by atoms with E-state index < -0.39 is 11.7 Å². The number of aromatic amines is 1. The van der Waals surface area contributed by atoms with Gasteiger partial charge in [0.15, 0.2) is 0 Å². The predicted molar refractivity (Wildman–Crippen MR) is 58.8 cm³/mol. The van der Waals surface area contributed by atoms with Gasteiger partial charge in [-0.1, -0.05) is 0 Å². The van der Waals surface area contributed by atoms with E-state index in [1.165, 1.54) is 11.0 Å². The Morgan fingerprint density at radius 2 is 2.00 bits per heavy atom. The fraction of sp³-hybridized carbons (Fsp3) is 0.545. The molecular weight excluding hydrogens is 231 g/mol. The molecule has 1 aromatic heterocycles. The summed E-state index contributed by atoms with van der Waals surface area (Å²) in [6, 6.07) is 2.47. The second kappa shape index (κ2) is 5.86. The Morgan fingerprint density at radius 1 is 1.29 bits per heavy atom. The summed E-state index contributed by atoms with van der Waals surface area (Å²) < 4.78 is 36.8. The second-order valence-electron chi connectivity index (χ2n) is 4.23. The average molecular weight is 249 g/mol. The van der Waals surface area contributed by atoms with Gasteiger partial charge in [0, 0.05) is 12.5 Å². The van der Waals surface area contributed by atoms with Crippen molar-refractivity contribution in [3.63, 3.8) is 0 Å². The number of pyridine rings is 1. The van der Waals surface area contributed by atoms with E-state index in [1.807, 2.05) is 0 Å². The second-order valence-corrected chi connectivity index (χ2v) is 4.23. The fourth-order valence-electron chi connectivity index (χ4n) is 1.38. The summed E-state index contributed by atoms with van der Waals surface area (Å²) in [7, 11) is 4.12. The number of hydrogen-bond acceptors (Lipinski definition) is 1. The summed E-state index contributed by atoms with van der Waals surface area (Å²) in [6.45, 7) is 1.76. The van der Waals surface area contributed by atoms with Crippen LogP contribution in [-0.2, 0) is 6.18 Å². The number of H-pyrrole nitrogens is 1. The van der Waals surface area contributed by atoms with Crippen LogP contribution < -0.4 is 15.2 Å². The Balaban J connectivity index is 2.41. The number of halogens is 3. The van der Waals surface area contributed by atoms with Crippen LogP contribution in [-0.4, -0.2) is 27.2 Å². The lowest BCUT2D eigenvalue weighted by molar-refractivity contribution is -0.858. The van der Waals surface area contributed by atoms with Crippen LogP contribution in [0.2, 0.25) is 0 Å². The highest BCUT2D eigenvalue weighted by Crippen LogP contribution is 2.27. The standard InChI is InChI=1S/C11H16F3N3/c1-17(2)7-3-6-15-10-5-4-9(8-16-10)11(12,13)14/h4-5,8H,3,6-7H2,1-2H3,(H,15,16)/p+2. The highest BCUT2D eigenvalue weighted by Gasteiger charge is 2.31. The van der Waals surface area contributed by atoms with Gasteiger partial charge in [0.1, 0.15) is 6.20 Å². The minimum absolute atomic E-state index is 0.603. The third-order valence-corrected chi connectivity index (χ3v) is 2.31. The summed E-state index contributed by atoms with van der Waals surface area (Å²) in [5.74, 6) is 0.603. The molecule has 6 heteroatoms. The van der Waals surface area contributed by atoms with Crippen LogP contribution in [0.4, 0.5) is 19.0 Å². The largest absolute Gasteiger partial charge is 0.419 e. The number of hydrogen-bond donors (Lipinski definition) is 2. The maximum absolute atomic E-state index is 12.3. The molecule has 0 amide bonds. The summed E-state index contributed by atoms with van der Waals surface area (Å²) in [5, 5.41) is 3.04. The Kier molecular flexibility index (Phi) is 4.74. The molecule has 0 aliphatic heterocycles. The van der Waals surface area contributed by atoms with Crippen molar-refractivity contribution in [2.24, 2.45) is 0 Å². The van der Waals surface area contributed by atoms with Gasteiger partial charge in [0.2, 0.25) is 0 Å². The van der Waals surface area contributed by atoms with Crippen LogP contribution in [0, 0.1) is 0 Å². The van der Waals surface area contributed by atoms with E-state index in [2.05, 4.69) is 24.4 Å². The lowest BCUT2D eigenvalue weighted by Gasteiger charge is -2.06. The molecule has 0 saturated carbocycles. The van der Waals surface area contributed by atoms with Gasteiger partial charge >= 0.3 is 6.18 Å². The minimum atomic E-state index is -4.29. The van der Waals surface area contributed by atoms with E-state index in [0.717, 1.165) is 31.8 Å². The first-order chi connectivity index (χ1) is 7.89. The first-order valence-electron chi connectivity index (χ1n) is 5.51. The van der Waals surface area contributed by atoms with Crippen molar-refractivity contribution in [1.82, 2.24) is 0 Å². The molecule has 0 atom stereocenters. The SMILES string of the molecule is C[NH+](C)CCCNc1ccc(C(F)(F)F)c[nH+]1. The maximum Gasteiger partial charge on any atom is 0.419 e. The van der Waals surface area contributed by atoms with E-state index in [9.17, 15) is 13.2 Å². The van der Waals surface area contributed by atoms with E-state index in [0.29, 0.717) is 5.82 Å². The molecule has 1 heterocycles. The normalized spacial score (nSPS) is 11.9. The number of anilines is 1. The molecule has 0 bridgehead atoms. The molecule has 0 radical (unpaired) electrons. The Hall–Kier alpha value is -1.30. The number of quaternary nitrogens is 1. The van der Waals surface area contributed by atoms with Crippen LogP contribution in [0.5, 0.6) is 0 Å². The van der Waals surface area contributed by atoms with Crippen molar-refractivity contribution in [2.75, 3.05) is 32.5 Å². The smallest absolute Gasteiger partial charge is 0.340 e. The van der Waals surface area contributed by atoms with Gasteiger partial charge in [-0.25, -0.2) is 4.98 Å². The Morgan fingerprint density at radius 3 is 2.47 bits per heavy atom. The number of nitrogens with one attached hydrogen (secondary N) is 3. The summed E-state index contributed by atoms with van der Waals surface area (Å²) in [4.78, 5) is 3.94. The molecule has 0 fully saturated rings. The van der Waals surface area contributed by atoms with Gasteiger partial charge in [0.25, 0.3) is 5.82 Å². The first kappa shape index (κ1) is 13.8. The van der Waals surface area contributed by atoms with Crippen LogP contribution >= 0.6 is 0 Å². The van der Waals surface area contributed by atoms with Gasteiger partial charge in [-0.2, -0.15) is 13.2 Å². The zero-order chi connectivity index (χ0) is 12.9. The molecule has 0 unspecified atom stereocenters. The third-order valence-electron chi connectivity index (χ3n) is 2.31. The molecular formula is C11H18F3N3+2. The molecule has 0 saturated heterocycles. The van der Waals surface area contributed by atoms with E-state index in [-0.39, 0.29) is 0 Å². The molecule has 0 aliphatic carbocycles. The minimum Gasteiger partial charge on any atom is -0.340 e. The molecule has 96 valence electrons. The summed E-state index contributed by atoms with van der Waals surface area (Å²) in [6.07, 6.45) is -2.35. The molecule has 1 aromatic rings. The van der Waals surface area contributed by atoms with Crippen LogP contribution in [0.15, 0.2) is 18.3 Å². The molecule has 17 heavy (non-hydrogen) atoms. The Labute approximate surface area is 98.6 Å². The number of alkyl halides is 3. The molecule has 1 rings (SSSR count). The number of aromatic nitrogens is 1. The zero-order valence-electron chi connectivity index (χ0n) is 9.99. The molecule has 0 spiro atoms. The van der Waals surface area contributed by atoms with E-state index in [4.69, 9.17) is 0 Å². The molecule has 3 N–H and O–H groups in total. The van der Waals surface area contributed by atoms with Gasteiger partial charge in [-0.05, 0) is 6.07 Å². The van der Waals surface area contributed by atoms with Crippen LogP contribution in [0.25, 0.3) is 0 Å². The predicted octanol–water partition coefficient (Wildman–Crippen LogP) is 0.466. The van der Waals surface area contributed by atoms with Crippen molar-refractivity contribution in [1.29, 1.82) is 0 Å². The van der Waals surface area contributed by atoms with E-state index >= 15 is 0 Å². The monoisotopic (exact) mass is 249 g/mol. The quantitative estimate of drug-likeness (QED) is 0.730. The highest BCUT2D eigenvalue weighted by atomic mass is 19.4. The Bertz CT molecular complexity index is 333. The topological polar surface area (TPSA) is 30.6 Å². The highest BCUT2D eigenvalue weighted by molar-refractivity contribution is 5.29. The van der Waals surface area contributed by atoms with Crippen LogP contribution in [0.1, 0.15) is 12.0 Å². The van der Waals surface area contributed by atoms with Crippen molar-refractivity contribution in [3.8, 4) is 0 Å². The molecule has 3 nitrogen and oxygen atoms in total. The maximum atomic E-state index is 12.3. The van der Waals surface area contributed by atoms with Crippen molar-refractivity contribution in [3.05, 3.63) is 23.9 Å². The van der Waals surface area contributed by atoms with Gasteiger partial charge in [-0.15, -0.1) is 0 Å². The number of rotatable bonds is 5. The van der Waals surface area contributed by atoms with Crippen LogP contribution in [0.3, 0.4) is 0 Å². The van der Waals surface area contributed by atoms with Gasteiger partial charge in [0.05, 0.1) is 32.7 Å². The summed E-state index contributed by atoms with van der Waals surface area (Å²) in [5.41, 5.74) is -0.666. The lowest BCUT2D eigenvalue weighted by atomic mass is 10.3. The van der Waals surface area contributed by atoms with Gasteiger partial charge < -0.3 is 4.90 Å². The lowest BCUT2D eigenvalue weighted by Crippen LogP contribution is -3.05. The molecule has 0 aromatic carbocycles. The molecule has 0 aliphatic rings. The zero-order valence-corrected chi connectivity index (χ0v) is 9.99. The van der Waals surface area contributed by atoms with Crippen molar-refractivity contribution < 1.29 is 23.1 Å². The van der Waals surface area contributed by atoms with Crippen molar-refractivity contribution >= 4 is 5.82 Å². The first-order valence-corrected chi connectivity index (χ1v) is 5.51. The summed E-state index contributed by atoms with van der Waals surface area (Å²) >= 11 is 0. The van der Waals surface area contributed by atoms with E-state index in [1.54, 1.807) is 0 Å². The average Bonchev–Trinajstić information content (AvgIpc) is 2.23. The fourth-order valence-corrected chi connectivity index (χ4v) is 1.38. The van der Waals surface area contributed by atoms with Gasteiger partial charge in [-0.3, -0.25) is 5.32 Å².